The van der Waals surface area contributed by atoms with Gasteiger partial charge in [0, 0.05) is 20.4 Å². The zero-order valence-electron chi connectivity index (χ0n) is 24.3. The molecule has 0 radical (unpaired) electrons. The van der Waals surface area contributed by atoms with Crippen molar-refractivity contribution in [3.05, 3.63) is 125 Å². The number of nitrogens with one attached hydrogen (secondary N) is 2. The topological polar surface area (TPSA) is 85.2 Å². The van der Waals surface area contributed by atoms with E-state index in [0.717, 1.165) is 52.3 Å². The minimum Gasteiger partial charge on any atom is -0.315 e. The lowest BCUT2D eigenvalue weighted by molar-refractivity contribution is -0.115. The molecule has 7 rings (SSSR count). The normalized spacial score (nSPS) is 18.6. The second kappa shape index (κ2) is 13.0. The maximum absolute atomic E-state index is 13.9. The van der Waals surface area contributed by atoms with Crippen LogP contribution >= 0.6 is 34.9 Å². The Bertz CT molecular complexity index is 1860. The summed E-state index contributed by atoms with van der Waals surface area (Å²) < 4.78 is 0. The number of aryl methyl sites for hydroxylation is 1. The van der Waals surface area contributed by atoms with Crippen LogP contribution in [0.3, 0.4) is 0 Å². The summed E-state index contributed by atoms with van der Waals surface area (Å²) in [5.74, 6) is -0.179. The Balaban J connectivity index is 1.13. The van der Waals surface area contributed by atoms with Crippen LogP contribution in [0.1, 0.15) is 39.7 Å². The van der Waals surface area contributed by atoms with Crippen LogP contribution in [0.25, 0.3) is 0 Å². The smallest absolute Gasteiger partial charge is 0.315 e. The first-order chi connectivity index (χ1) is 22.1. The predicted octanol–water partition coefficient (Wildman–Crippen LogP) is 8.98. The average Bonchev–Trinajstić information content (AvgIpc) is 3.43. The zero-order valence-corrected chi connectivity index (χ0v) is 26.8. The van der Waals surface area contributed by atoms with E-state index >= 15 is 0 Å². The monoisotopic (exact) mass is 646 g/mol. The molecule has 224 valence electrons. The maximum atomic E-state index is 13.9. The van der Waals surface area contributed by atoms with Gasteiger partial charge in [-0.2, -0.15) is 5.26 Å². The highest BCUT2D eigenvalue weighted by molar-refractivity contribution is 8.00. The third-order valence-electron chi connectivity index (χ3n) is 8.16. The molecule has 0 bridgehead atoms. The Morgan fingerprint density at radius 1 is 0.933 bits per heavy atom. The Morgan fingerprint density at radius 3 is 2.60 bits per heavy atom. The highest BCUT2D eigenvalue weighted by atomic mass is 32.2. The number of urea groups is 1. The third-order valence-corrected chi connectivity index (χ3v) is 11.9. The van der Waals surface area contributed by atoms with Gasteiger partial charge in [-0.1, -0.05) is 72.8 Å². The summed E-state index contributed by atoms with van der Waals surface area (Å²) in [6.45, 7) is 0. The number of carbonyl (C=O) groups is 2. The molecular weight excluding hydrogens is 617 g/mol. The van der Waals surface area contributed by atoms with Crippen molar-refractivity contribution in [1.82, 2.24) is 0 Å². The van der Waals surface area contributed by atoms with E-state index in [0.29, 0.717) is 16.3 Å². The van der Waals surface area contributed by atoms with Gasteiger partial charge in [0.15, 0.2) is 0 Å². The van der Waals surface area contributed by atoms with Crippen LogP contribution in [0.4, 0.5) is 21.2 Å². The molecule has 45 heavy (non-hydrogen) atoms. The number of allylic oxidation sites excluding steroid dienone is 2. The fourth-order valence-corrected chi connectivity index (χ4v) is 9.63. The second-order valence-corrected chi connectivity index (χ2v) is 14.6. The van der Waals surface area contributed by atoms with Gasteiger partial charge in [-0.3, -0.25) is 9.69 Å². The van der Waals surface area contributed by atoms with E-state index in [4.69, 9.17) is 0 Å². The molecule has 0 spiro atoms. The van der Waals surface area contributed by atoms with Crippen molar-refractivity contribution in [2.24, 2.45) is 0 Å². The molecular formula is C36H30N4O2S3. The second-order valence-electron chi connectivity index (χ2n) is 11.1. The largest absolute Gasteiger partial charge is 0.326 e. The number of thioether (sulfide) groups is 2. The molecule has 2 aliphatic carbocycles. The van der Waals surface area contributed by atoms with Crippen LogP contribution in [0.5, 0.6) is 0 Å². The summed E-state index contributed by atoms with van der Waals surface area (Å²) in [5.41, 5.74) is 4.10. The number of rotatable bonds is 6. The Kier molecular flexibility index (Phi) is 8.53. The van der Waals surface area contributed by atoms with Gasteiger partial charge in [0.05, 0.1) is 22.5 Å². The van der Waals surface area contributed by atoms with Crippen molar-refractivity contribution in [3.63, 3.8) is 0 Å². The average molecular weight is 647 g/mol. The third kappa shape index (κ3) is 6.06. The van der Waals surface area contributed by atoms with Crippen molar-refractivity contribution >= 4 is 63.2 Å². The number of carbonyl (C=O) groups excluding carboxylic acids is 2. The van der Waals surface area contributed by atoms with Gasteiger partial charge in [0.25, 0.3) is 0 Å². The molecule has 1 aromatic heterocycles. The lowest BCUT2D eigenvalue weighted by atomic mass is 9.96. The van der Waals surface area contributed by atoms with Crippen LogP contribution in [-0.2, 0) is 17.6 Å². The Labute approximate surface area is 275 Å². The summed E-state index contributed by atoms with van der Waals surface area (Å²) >= 11 is 4.73. The highest BCUT2D eigenvalue weighted by Gasteiger charge is 2.36. The van der Waals surface area contributed by atoms with Crippen LogP contribution < -0.4 is 15.5 Å². The van der Waals surface area contributed by atoms with Gasteiger partial charge in [0.1, 0.15) is 16.3 Å². The summed E-state index contributed by atoms with van der Waals surface area (Å²) in [7, 11) is 0. The number of anilines is 3. The molecule has 3 amide bonds. The SMILES string of the molecule is N#Cc1c(NC(=O)C(Sc2cccc(NC(=O)N3c4ccccc4SC4C=CC=CC43)c2)c2ccccc2)sc2c1CCCC2. The van der Waals surface area contributed by atoms with Crippen molar-refractivity contribution in [2.45, 2.75) is 52.0 Å². The number of thiophene rings is 1. The fourth-order valence-electron chi connectivity index (χ4n) is 6.04. The molecule has 9 heteroatoms. The van der Waals surface area contributed by atoms with Crippen LogP contribution in [0.15, 0.2) is 113 Å². The van der Waals surface area contributed by atoms with Crippen molar-refractivity contribution in [2.75, 3.05) is 15.5 Å². The van der Waals surface area contributed by atoms with Gasteiger partial charge in [-0.25, -0.2) is 4.79 Å². The Hall–Kier alpha value is -4.23. The van der Waals surface area contributed by atoms with Gasteiger partial charge < -0.3 is 10.6 Å². The number of para-hydroxylation sites is 1. The standard InChI is InChI=1S/C36H30N4O2S3/c37-22-27-26-15-4-7-18-30(26)45-35(27)39-34(41)33(23-11-2-1-3-12-23)43-25-14-10-13-24(21-25)38-36(42)40-28-16-5-8-19-31(28)44-32-20-9-6-17-29(32)40/h1-3,5-6,8-14,16-17,19-21,28,31,33H,4,7,15,18H2,(H,38,42)(H,39,41). The van der Waals surface area contributed by atoms with E-state index < -0.39 is 5.25 Å². The molecule has 2 N–H and O–H groups in total. The van der Waals surface area contributed by atoms with Gasteiger partial charge >= 0.3 is 6.03 Å². The van der Waals surface area contributed by atoms with E-state index in [1.165, 1.54) is 28.0 Å². The number of amides is 3. The molecule has 0 saturated heterocycles. The van der Waals surface area contributed by atoms with E-state index in [2.05, 4.69) is 34.9 Å². The van der Waals surface area contributed by atoms with E-state index in [9.17, 15) is 14.9 Å². The molecule has 0 saturated carbocycles. The summed E-state index contributed by atoms with van der Waals surface area (Å²) in [6, 6.07) is 27.3. The Morgan fingerprint density at radius 2 is 1.73 bits per heavy atom. The minimum atomic E-state index is -0.561. The number of nitrogens with zero attached hydrogens (tertiary/aromatic N) is 2. The lowest BCUT2D eigenvalue weighted by Crippen LogP contribution is -2.49. The van der Waals surface area contributed by atoms with E-state index in [1.54, 1.807) is 11.8 Å². The molecule has 3 aromatic carbocycles. The quantitative estimate of drug-likeness (QED) is 0.204. The fraction of sp³-hybridized carbons (Fsp3) is 0.194. The molecule has 2 heterocycles. The first-order valence-electron chi connectivity index (χ1n) is 15.0. The zero-order chi connectivity index (χ0) is 30.8. The number of nitriles is 1. The number of hydrogen-bond donors (Lipinski definition) is 2. The van der Waals surface area contributed by atoms with Gasteiger partial charge in [0.2, 0.25) is 5.91 Å². The summed E-state index contributed by atoms with van der Waals surface area (Å²) in [5, 5.41) is 16.4. The highest BCUT2D eigenvalue weighted by Crippen LogP contribution is 2.44. The van der Waals surface area contributed by atoms with Gasteiger partial charge in [-0.05, 0) is 67.1 Å². The molecule has 3 atom stereocenters. The molecule has 3 aliphatic rings. The van der Waals surface area contributed by atoms with E-state index in [1.807, 2.05) is 89.8 Å². The molecule has 3 unspecified atom stereocenters. The maximum Gasteiger partial charge on any atom is 0.326 e. The molecule has 6 nitrogen and oxygen atoms in total. The van der Waals surface area contributed by atoms with Crippen LogP contribution in [-0.4, -0.2) is 23.2 Å². The van der Waals surface area contributed by atoms with Gasteiger partial charge in [-0.15, -0.1) is 34.9 Å². The van der Waals surface area contributed by atoms with Crippen LogP contribution in [0.2, 0.25) is 0 Å². The van der Waals surface area contributed by atoms with Crippen molar-refractivity contribution in [1.29, 1.82) is 5.26 Å². The van der Waals surface area contributed by atoms with Crippen molar-refractivity contribution in [3.8, 4) is 6.07 Å². The summed E-state index contributed by atoms with van der Waals surface area (Å²) in [4.78, 5) is 32.7. The van der Waals surface area contributed by atoms with Crippen molar-refractivity contribution < 1.29 is 9.59 Å². The van der Waals surface area contributed by atoms with E-state index in [-0.39, 0.29) is 23.2 Å². The first-order valence-corrected chi connectivity index (χ1v) is 17.5. The first kappa shape index (κ1) is 29.5. The molecule has 4 aromatic rings. The van der Waals surface area contributed by atoms with Crippen LogP contribution in [0, 0.1) is 11.3 Å². The number of fused-ring (bicyclic) bond motifs is 3. The molecule has 0 fully saturated rings. The number of benzene rings is 3. The number of hydrogen-bond acceptors (Lipinski definition) is 6. The minimum absolute atomic E-state index is 0.0974. The predicted molar refractivity (Wildman–Crippen MR) is 185 cm³/mol. The summed E-state index contributed by atoms with van der Waals surface area (Å²) in [6.07, 6.45) is 12.3. The lowest BCUT2D eigenvalue weighted by Gasteiger charge is -2.40. The molecule has 1 aliphatic heterocycles.